The molecule has 0 bridgehead atoms. The summed E-state index contributed by atoms with van der Waals surface area (Å²) in [6.45, 7) is 0. The average molecular weight is 339 g/mol. The Morgan fingerprint density at radius 3 is 2.88 bits per heavy atom. The summed E-state index contributed by atoms with van der Waals surface area (Å²) in [5.41, 5.74) is 2.58. The van der Waals surface area contributed by atoms with Crippen molar-refractivity contribution in [1.29, 1.82) is 5.26 Å². The number of pyridine rings is 1. The van der Waals surface area contributed by atoms with E-state index < -0.39 is 0 Å². The normalized spacial score (nSPS) is 20.7. The molecule has 1 fully saturated rings. The number of nitrogens with zero attached hydrogens (tertiary/aromatic N) is 4. The van der Waals surface area contributed by atoms with Crippen molar-refractivity contribution in [3.05, 3.63) is 36.2 Å². The summed E-state index contributed by atoms with van der Waals surface area (Å²) in [6.07, 6.45) is 7.69. The molecule has 4 rings (SSSR count). The van der Waals surface area contributed by atoms with Crippen molar-refractivity contribution < 1.29 is 9.50 Å². The number of nitrogens with one attached hydrogen (secondary N) is 1. The van der Waals surface area contributed by atoms with Crippen molar-refractivity contribution in [2.45, 2.75) is 44.2 Å². The van der Waals surface area contributed by atoms with Crippen LogP contribution in [0.3, 0.4) is 0 Å². The van der Waals surface area contributed by atoms with Crippen LogP contribution in [0.1, 0.15) is 37.3 Å². The van der Waals surface area contributed by atoms with Gasteiger partial charge in [-0.2, -0.15) is 14.8 Å². The first kappa shape index (κ1) is 15.8. The van der Waals surface area contributed by atoms with Crippen molar-refractivity contribution in [3.63, 3.8) is 0 Å². The summed E-state index contributed by atoms with van der Waals surface area (Å²) >= 11 is 0. The lowest BCUT2D eigenvalue weighted by molar-refractivity contribution is 0.104. The van der Waals surface area contributed by atoms with Gasteiger partial charge in [-0.15, -0.1) is 0 Å². The summed E-state index contributed by atoms with van der Waals surface area (Å²) in [5.74, 6) is -0.375. The molecule has 3 heterocycles. The predicted octanol–water partition coefficient (Wildman–Crippen LogP) is 3.11. The number of hydrogen-bond acceptors (Lipinski definition) is 4. The molecule has 0 spiro atoms. The van der Waals surface area contributed by atoms with Gasteiger partial charge in [-0.05, 0) is 37.3 Å². The molecular weight excluding hydrogens is 321 g/mol. The maximum atomic E-state index is 14.9. The van der Waals surface area contributed by atoms with Gasteiger partial charge in [0.1, 0.15) is 5.65 Å². The maximum absolute atomic E-state index is 14.9. The number of nitriles is 1. The number of aliphatic hydroxyl groups excluding tert-OH is 1. The van der Waals surface area contributed by atoms with Crippen LogP contribution >= 0.6 is 0 Å². The highest BCUT2D eigenvalue weighted by Gasteiger charge is 2.25. The van der Waals surface area contributed by atoms with E-state index in [1.165, 1.54) is 10.9 Å². The molecule has 1 saturated carbocycles. The monoisotopic (exact) mass is 339 g/mol. The number of aromatic nitrogens is 4. The first-order valence-electron chi connectivity index (χ1n) is 8.41. The minimum atomic E-state index is -0.375. The van der Waals surface area contributed by atoms with Crippen LogP contribution in [-0.4, -0.2) is 31.0 Å². The van der Waals surface area contributed by atoms with Crippen LogP contribution in [0.15, 0.2) is 24.7 Å². The highest BCUT2D eigenvalue weighted by molar-refractivity contribution is 5.84. The standard InChI is InChI=1S/C18H18FN5O/c19-17-16(10-23-24(17)13-1-3-14(25)4-2-13)12-7-15-11(5-6-20)8-21-18(15)22-9-12/h7-10,13-14,25H,1-5H2,(H,21,22). The number of fused-ring (bicyclic) bond motifs is 1. The van der Waals surface area contributed by atoms with Gasteiger partial charge in [0.05, 0.1) is 36.4 Å². The van der Waals surface area contributed by atoms with E-state index in [0.717, 1.165) is 23.8 Å². The first-order valence-corrected chi connectivity index (χ1v) is 8.41. The van der Waals surface area contributed by atoms with Gasteiger partial charge in [0.2, 0.25) is 5.95 Å². The van der Waals surface area contributed by atoms with Crippen LogP contribution in [0.2, 0.25) is 0 Å². The van der Waals surface area contributed by atoms with Gasteiger partial charge in [-0.1, -0.05) is 0 Å². The number of aliphatic hydroxyl groups is 1. The van der Waals surface area contributed by atoms with Gasteiger partial charge >= 0.3 is 0 Å². The number of H-pyrrole nitrogens is 1. The number of halogens is 1. The van der Waals surface area contributed by atoms with Gasteiger partial charge in [-0.25, -0.2) is 9.67 Å². The average Bonchev–Trinajstić information content (AvgIpc) is 3.20. The van der Waals surface area contributed by atoms with E-state index in [2.05, 4.69) is 21.1 Å². The molecule has 0 aliphatic heterocycles. The number of rotatable bonds is 3. The number of hydrogen-bond donors (Lipinski definition) is 2. The third-order valence-electron chi connectivity index (χ3n) is 4.94. The van der Waals surface area contributed by atoms with Crippen LogP contribution in [0.5, 0.6) is 0 Å². The van der Waals surface area contributed by atoms with Crippen LogP contribution < -0.4 is 0 Å². The van der Waals surface area contributed by atoms with E-state index in [0.29, 0.717) is 29.6 Å². The highest BCUT2D eigenvalue weighted by atomic mass is 19.1. The molecular formula is C18H18FN5O. The fourth-order valence-electron chi connectivity index (χ4n) is 3.53. The van der Waals surface area contributed by atoms with Crippen LogP contribution in [-0.2, 0) is 6.42 Å². The largest absolute Gasteiger partial charge is 0.393 e. The lowest BCUT2D eigenvalue weighted by Gasteiger charge is -2.25. The van der Waals surface area contributed by atoms with Crippen LogP contribution in [0.25, 0.3) is 22.2 Å². The second kappa shape index (κ2) is 6.30. The molecule has 1 aliphatic rings. The maximum Gasteiger partial charge on any atom is 0.219 e. The minimum absolute atomic E-state index is 0.0183. The van der Waals surface area contributed by atoms with Crippen LogP contribution in [0.4, 0.5) is 4.39 Å². The Bertz CT molecular complexity index is 946. The highest BCUT2D eigenvalue weighted by Crippen LogP contribution is 2.32. The van der Waals surface area contributed by atoms with E-state index in [1.54, 1.807) is 12.4 Å². The zero-order valence-corrected chi connectivity index (χ0v) is 13.6. The molecule has 3 aromatic rings. The molecule has 1 aliphatic carbocycles. The van der Waals surface area contributed by atoms with Crippen molar-refractivity contribution in [2.75, 3.05) is 0 Å². The second-order valence-electron chi connectivity index (χ2n) is 6.52. The van der Waals surface area contributed by atoms with Gasteiger partial charge in [-0.3, -0.25) is 0 Å². The molecule has 7 heteroatoms. The zero-order chi connectivity index (χ0) is 17.4. The molecule has 128 valence electrons. The van der Waals surface area contributed by atoms with Crippen molar-refractivity contribution in [2.24, 2.45) is 0 Å². The summed E-state index contributed by atoms with van der Waals surface area (Å²) in [6, 6.07) is 3.95. The van der Waals surface area contributed by atoms with E-state index in [4.69, 9.17) is 5.26 Å². The summed E-state index contributed by atoms with van der Waals surface area (Å²) in [4.78, 5) is 7.36. The second-order valence-corrected chi connectivity index (χ2v) is 6.52. The fourth-order valence-corrected chi connectivity index (χ4v) is 3.53. The molecule has 0 radical (unpaired) electrons. The molecule has 0 unspecified atom stereocenters. The Hall–Kier alpha value is -2.72. The Balaban J connectivity index is 1.69. The Kier molecular flexibility index (Phi) is 3.98. The molecule has 2 N–H and O–H groups in total. The molecule has 0 saturated heterocycles. The van der Waals surface area contributed by atoms with Gasteiger partial charge < -0.3 is 10.1 Å². The third kappa shape index (κ3) is 2.79. The van der Waals surface area contributed by atoms with Crippen LogP contribution in [0, 0.1) is 17.3 Å². The van der Waals surface area contributed by atoms with Crippen molar-refractivity contribution in [1.82, 2.24) is 19.7 Å². The smallest absolute Gasteiger partial charge is 0.219 e. The molecule has 0 amide bonds. The SMILES string of the molecule is N#CCc1c[nH]c2ncc(-c3cnn(C4CCC(O)CC4)c3F)cc12. The Labute approximate surface area is 143 Å². The Morgan fingerprint density at radius 2 is 2.12 bits per heavy atom. The molecule has 6 nitrogen and oxygen atoms in total. The predicted molar refractivity (Wildman–Crippen MR) is 90.1 cm³/mol. The summed E-state index contributed by atoms with van der Waals surface area (Å²) in [7, 11) is 0. The molecule has 0 atom stereocenters. The van der Waals surface area contributed by atoms with E-state index in [1.807, 2.05) is 6.07 Å². The zero-order valence-electron chi connectivity index (χ0n) is 13.6. The quantitative estimate of drug-likeness (QED) is 0.767. The van der Waals surface area contributed by atoms with Crippen molar-refractivity contribution >= 4 is 11.0 Å². The van der Waals surface area contributed by atoms with Gasteiger partial charge in [0.25, 0.3) is 0 Å². The molecule has 3 aromatic heterocycles. The van der Waals surface area contributed by atoms with E-state index in [-0.39, 0.29) is 24.5 Å². The summed E-state index contributed by atoms with van der Waals surface area (Å²) < 4.78 is 16.4. The van der Waals surface area contributed by atoms with Gasteiger partial charge in [0.15, 0.2) is 0 Å². The van der Waals surface area contributed by atoms with Crippen molar-refractivity contribution in [3.8, 4) is 17.2 Å². The topological polar surface area (TPSA) is 90.5 Å². The van der Waals surface area contributed by atoms with E-state index >= 15 is 0 Å². The van der Waals surface area contributed by atoms with Gasteiger partial charge in [0, 0.05) is 23.3 Å². The lowest BCUT2D eigenvalue weighted by Crippen LogP contribution is -2.22. The fraction of sp³-hybridized carbons (Fsp3) is 0.389. The minimum Gasteiger partial charge on any atom is -0.393 e. The molecule has 0 aromatic carbocycles. The molecule has 25 heavy (non-hydrogen) atoms. The summed E-state index contributed by atoms with van der Waals surface area (Å²) in [5, 5.41) is 23.6. The number of aromatic amines is 1. The van der Waals surface area contributed by atoms with E-state index in [9.17, 15) is 9.50 Å². The third-order valence-corrected chi connectivity index (χ3v) is 4.94. The first-order chi connectivity index (χ1) is 12.2. The lowest BCUT2D eigenvalue weighted by atomic mass is 9.93. The Morgan fingerprint density at radius 1 is 1.32 bits per heavy atom.